The van der Waals surface area contributed by atoms with Gasteiger partial charge in [0.05, 0.1) is 24.3 Å². The molecule has 0 bridgehead atoms. The highest BCUT2D eigenvalue weighted by molar-refractivity contribution is 5.01. The molecule has 1 rings (SSSR count). The van der Waals surface area contributed by atoms with Gasteiger partial charge in [0.2, 0.25) is 0 Å². The van der Waals surface area contributed by atoms with Gasteiger partial charge in [0.1, 0.15) is 6.10 Å². The largest absolute Gasteiger partial charge is 0.390 e. The minimum absolute atomic E-state index is 0.0462. The molecule has 0 aliphatic carbocycles. The Morgan fingerprint density at radius 2 is 2.19 bits per heavy atom. The number of nitrogens with two attached hydrogens (primary N) is 1. The quantitative estimate of drug-likeness (QED) is 0.512. The topological polar surface area (TPSA) is 95.2 Å². The van der Waals surface area contributed by atoms with E-state index in [0.29, 0.717) is 12.2 Å². The van der Waals surface area contributed by atoms with Crippen LogP contribution in [-0.2, 0) is 0 Å². The van der Waals surface area contributed by atoms with Gasteiger partial charge in [0.25, 0.3) is 0 Å². The summed E-state index contributed by atoms with van der Waals surface area (Å²) >= 11 is 0. The Labute approximate surface area is 95.7 Å². The van der Waals surface area contributed by atoms with Crippen molar-refractivity contribution in [2.75, 3.05) is 6.54 Å². The van der Waals surface area contributed by atoms with Gasteiger partial charge in [-0.15, -0.1) is 0 Å². The van der Waals surface area contributed by atoms with Crippen LogP contribution in [0.15, 0.2) is 12.5 Å². The van der Waals surface area contributed by atoms with Crippen LogP contribution in [0.1, 0.15) is 38.0 Å². The van der Waals surface area contributed by atoms with Gasteiger partial charge < -0.3 is 20.9 Å². The molecule has 2 unspecified atom stereocenters. The van der Waals surface area contributed by atoms with E-state index in [4.69, 9.17) is 5.73 Å². The Morgan fingerprint density at radius 1 is 1.44 bits per heavy atom. The van der Waals surface area contributed by atoms with Crippen molar-refractivity contribution in [3.63, 3.8) is 0 Å². The maximum absolute atomic E-state index is 9.93. The van der Waals surface area contributed by atoms with Gasteiger partial charge in [0.15, 0.2) is 0 Å². The smallest absolute Gasteiger partial charge is 0.121 e. The lowest BCUT2D eigenvalue weighted by molar-refractivity contribution is -0.0186. The third-order valence-corrected chi connectivity index (χ3v) is 2.86. The van der Waals surface area contributed by atoms with E-state index < -0.39 is 12.2 Å². The predicted octanol–water partition coefficient (Wildman–Crippen LogP) is 0.569. The summed E-state index contributed by atoms with van der Waals surface area (Å²) in [4.78, 5) is 6.62. The molecule has 5 N–H and O–H groups in total. The Balaban J connectivity index is 2.40. The van der Waals surface area contributed by atoms with Crippen LogP contribution in [0.4, 0.5) is 0 Å². The molecular weight excluding hydrogens is 206 g/mol. The van der Waals surface area contributed by atoms with Crippen molar-refractivity contribution in [3.8, 4) is 0 Å². The summed E-state index contributed by atoms with van der Waals surface area (Å²) in [6, 6.07) is 0. The van der Waals surface area contributed by atoms with Gasteiger partial charge in [0, 0.05) is 0 Å². The van der Waals surface area contributed by atoms with Gasteiger partial charge in [-0.3, -0.25) is 0 Å². The van der Waals surface area contributed by atoms with Gasteiger partial charge in [-0.25, -0.2) is 4.98 Å². The molecule has 5 nitrogen and oxygen atoms in total. The fourth-order valence-corrected chi connectivity index (χ4v) is 1.70. The molecule has 0 aromatic carbocycles. The fraction of sp³-hybridized carbons (Fsp3) is 0.727. The van der Waals surface area contributed by atoms with Crippen LogP contribution in [0.25, 0.3) is 0 Å². The number of aromatic nitrogens is 2. The summed E-state index contributed by atoms with van der Waals surface area (Å²) in [7, 11) is 0. The monoisotopic (exact) mass is 227 g/mol. The minimum atomic E-state index is -0.893. The molecule has 1 aromatic heterocycles. The second-order valence-corrected chi connectivity index (χ2v) is 4.20. The number of unbranched alkanes of at least 4 members (excludes halogenated alkanes) is 1. The van der Waals surface area contributed by atoms with Crippen molar-refractivity contribution in [3.05, 3.63) is 18.2 Å². The summed E-state index contributed by atoms with van der Waals surface area (Å²) < 4.78 is 0. The number of hydrogen-bond donors (Lipinski definition) is 4. The van der Waals surface area contributed by atoms with Crippen molar-refractivity contribution >= 4 is 0 Å². The van der Waals surface area contributed by atoms with E-state index in [-0.39, 0.29) is 5.92 Å². The lowest BCUT2D eigenvalue weighted by Gasteiger charge is -2.22. The van der Waals surface area contributed by atoms with Crippen LogP contribution in [0.5, 0.6) is 0 Å². The van der Waals surface area contributed by atoms with Crippen molar-refractivity contribution in [2.45, 2.75) is 38.4 Å². The van der Waals surface area contributed by atoms with Crippen LogP contribution in [0, 0.1) is 5.92 Å². The predicted molar refractivity (Wildman–Crippen MR) is 61.6 cm³/mol. The Kier molecular flexibility index (Phi) is 5.45. The first-order valence-corrected chi connectivity index (χ1v) is 5.71. The molecule has 0 aliphatic rings. The molecule has 0 aliphatic heterocycles. The third kappa shape index (κ3) is 3.59. The number of aliphatic hydroxyl groups is 2. The van der Waals surface area contributed by atoms with E-state index in [1.54, 1.807) is 0 Å². The van der Waals surface area contributed by atoms with Crippen LogP contribution >= 0.6 is 0 Å². The zero-order valence-electron chi connectivity index (χ0n) is 9.63. The SMILES string of the molecule is C[C@@H](CCCCN)C(O)C(O)c1cnc[nH]1. The van der Waals surface area contributed by atoms with Crippen LogP contribution in [0.2, 0.25) is 0 Å². The summed E-state index contributed by atoms with van der Waals surface area (Å²) in [6.07, 6.45) is 4.16. The van der Waals surface area contributed by atoms with E-state index in [2.05, 4.69) is 9.97 Å². The maximum atomic E-state index is 9.93. The maximum Gasteiger partial charge on any atom is 0.121 e. The average Bonchev–Trinajstić information content (AvgIpc) is 2.80. The molecule has 5 heteroatoms. The molecule has 16 heavy (non-hydrogen) atoms. The highest BCUT2D eigenvalue weighted by atomic mass is 16.3. The molecule has 0 saturated heterocycles. The fourth-order valence-electron chi connectivity index (χ4n) is 1.70. The molecule has 0 spiro atoms. The average molecular weight is 227 g/mol. The van der Waals surface area contributed by atoms with Crippen molar-refractivity contribution in [1.29, 1.82) is 0 Å². The molecular formula is C11H21N3O2. The van der Waals surface area contributed by atoms with E-state index in [9.17, 15) is 10.2 Å². The van der Waals surface area contributed by atoms with Gasteiger partial charge in [-0.05, 0) is 25.3 Å². The number of aromatic amines is 1. The third-order valence-electron chi connectivity index (χ3n) is 2.86. The second kappa shape index (κ2) is 6.62. The van der Waals surface area contributed by atoms with E-state index in [1.165, 1.54) is 12.5 Å². The number of nitrogens with zero attached hydrogens (tertiary/aromatic N) is 1. The Morgan fingerprint density at radius 3 is 2.75 bits per heavy atom. The van der Waals surface area contributed by atoms with E-state index in [1.807, 2.05) is 6.92 Å². The van der Waals surface area contributed by atoms with Crippen molar-refractivity contribution in [2.24, 2.45) is 11.7 Å². The number of hydrogen-bond acceptors (Lipinski definition) is 4. The highest BCUT2D eigenvalue weighted by Gasteiger charge is 2.24. The van der Waals surface area contributed by atoms with Gasteiger partial charge in [-0.1, -0.05) is 13.3 Å². The first-order chi connectivity index (χ1) is 7.66. The van der Waals surface area contributed by atoms with Crippen molar-refractivity contribution < 1.29 is 10.2 Å². The summed E-state index contributed by atoms with van der Waals surface area (Å²) in [6.45, 7) is 2.60. The summed E-state index contributed by atoms with van der Waals surface area (Å²) in [5.74, 6) is 0.0462. The highest BCUT2D eigenvalue weighted by Crippen LogP contribution is 2.23. The Bertz CT molecular complexity index is 277. The number of aliphatic hydroxyl groups excluding tert-OH is 2. The molecule has 0 radical (unpaired) electrons. The molecule has 0 saturated carbocycles. The molecule has 3 atom stereocenters. The standard InChI is InChI=1S/C11H21N3O2/c1-8(4-2-3-5-12)10(15)11(16)9-6-13-7-14-9/h6-8,10-11,15-16H,2-5,12H2,1H3,(H,13,14)/t8-,10?,11?/m0/s1. The molecule has 1 heterocycles. The zero-order valence-corrected chi connectivity index (χ0v) is 9.63. The molecule has 0 amide bonds. The van der Waals surface area contributed by atoms with Gasteiger partial charge in [-0.2, -0.15) is 0 Å². The minimum Gasteiger partial charge on any atom is -0.390 e. The second-order valence-electron chi connectivity index (χ2n) is 4.20. The van der Waals surface area contributed by atoms with Crippen LogP contribution in [0.3, 0.4) is 0 Å². The number of imidazole rings is 1. The first-order valence-electron chi connectivity index (χ1n) is 5.71. The van der Waals surface area contributed by atoms with E-state index in [0.717, 1.165) is 19.3 Å². The summed E-state index contributed by atoms with van der Waals surface area (Å²) in [5, 5.41) is 19.8. The lowest BCUT2D eigenvalue weighted by Crippen LogP contribution is -2.26. The number of H-pyrrole nitrogens is 1. The zero-order chi connectivity index (χ0) is 12.0. The number of nitrogens with one attached hydrogen (secondary N) is 1. The van der Waals surface area contributed by atoms with Gasteiger partial charge >= 0.3 is 0 Å². The number of rotatable bonds is 7. The molecule has 92 valence electrons. The first kappa shape index (κ1) is 13.2. The molecule has 0 fully saturated rings. The van der Waals surface area contributed by atoms with Crippen molar-refractivity contribution in [1.82, 2.24) is 9.97 Å². The molecule has 1 aromatic rings. The van der Waals surface area contributed by atoms with E-state index >= 15 is 0 Å². The summed E-state index contributed by atoms with van der Waals surface area (Å²) in [5.41, 5.74) is 5.96. The van der Waals surface area contributed by atoms with Crippen LogP contribution in [-0.4, -0.2) is 32.8 Å². The van der Waals surface area contributed by atoms with Crippen LogP contribution < -0.4 is 5.73 Å². The normalized spacial score (nSPS) is 17.0. The Hall–Kier alpha value is -0.910. The lowest BCUT2D eigenvalue weighted by atomic mass is 9.93.